The maximum atomic E-state index is 11.3. The van der Waals surface area contributed by atoms with Crippen molar-refractivity contribution in [3.8, 4) is 0 Å². The smallest absolute Gasteiger partial charge is 0.334 e. The summed E-state index contributed by atoms with van der Waals surface area (Å²) in [7, 11) is 1.57. The fraction of sp³-hybridized carbons (Fsp3) is 0.308. The first-order valence-corrected chi connectivity index (χ1v) is 5.27. The van der Waals surface area contributed by atoms with Gasteiger partial charge in [0.1, 0.15) is 11.9 Å². The molecule has 1 aliphatic rings. The molecule has 0 amide bonds. The van der Waals surface area contributed by atoms with E-state index in [2.05, 4.69) is 0 Å². The average Bonchev–Trinajstić information content (AvgIpc) is 2.29. The molecule has 2 rings (SSSR count). The van der Waals surface area contributed by atoms with Crippen LogP contribution in [0.25, 0.3) is 0 Å². The molecular weight excluding hydrogens is 204 g/mol. The van der Waals surface area contributed by atoms with E-state index in [1.54, 1.807) is 7.11 Å². The lowest BCUT2D eigenvalue weighted by molar-refractivity contribution is -0.145. The third-order valence-electron chi connectivity index (χ3n) is 2.56. The normalized spacial score (nSPS) is 19.9. The third-order valence-corrected chi connectivity index (χ3v) is 2.56. The molecule has 0 fully saturated rings. The zero-order chi connectivity index (χ0) is 11.4. The van der Waals surface area contributed by atoms with Crippen LogP contribution in [0.1, 0.15) is 12.0 Å². The van der Waals surface area contributed by atoms with Crippen molar-refractivity contribution < 1.29 is 14.3 Å². The minimum absolute atomic E-state index is 0.116. The van der Waals surface area contributed by atoms with Crippen LogP contribution in [0.5, 0.6) is 0 Å². The second-order valence-corrected chi connectivity index (χ2v) is 3.77. The van der Waals surface area contributed by atoms with Gasteiger partial charge in [-0.15, -0.1) is 0 Å². The number of ether oxygens (including phenoxy) is 2. The van der Waals surface area contributed by atoms with E-state index in [1.807, 2.05) is 30.3 Å². The molecule has 3 nitrogen and oxygen atoms in total. The van der Waals surface area contributed by atoms with Crippen molar-refractivity contribution in [3.05, 3.63) is 47.7 Å². The van der Waals surface area contributed by atoms with Crippen LogP contribution in [-0.2, 0) is 20.7 Å². The summed E-state index contributed by atoms with van der Waals surface area (Å²) in [6.45, 7) is 0. The Morgan fingerprint density at radius 1 is 1.38 bits per heavy atom. The molecule has 1 aliphatic heterocycles. The minimum atomic E-state index is -0.316. The van der Waals surface area contributed by atoms with Crippen molar-refractivity contribution in [2.24, 2.45) is 0 Å². The largest absolute Gasteiger partial charge is 0.501 e. The highest BCUT2D eigenvalue weighted by atomic mass is 16.5. The Morgan fingerprint density at radius 3 is 2.81 bits per heavy atom. The molecule has 0 spiro atoms. The molecule has 1 aromatic carbocycles. The van der Waals surface area contributed by atoms with E-state index >= 15 is 0 Å². The van der Waals surface area contributed by atoms with E-state index in [-0.39, 0.29) is 12.1 Å². The zero-order valence-corrected chi connectivity index (χ0v) is 9.18. The number of carbonyl (C=O) groups excluding carboxylic acids is 1. The number of cyclic esters (lactones) is 1. The van der Waals surface area contributed by atoms with Crippen LogP contribution in [0.2, 0.25) is 0 Å². The molecule has 16 heavy (non-hydrogen) atoms. The fourth-order valence-electron chi connectivity index (χ4n) is 1.79. The third kappa shape index (κ3) is 2.63. The van der Waals surface area contributed by atoms with E-state index in [1.165, 1.54) is 6.08 Å². The van der Waals surface area contributed by atoms with Gasteiger partial charge >= 0.3 is 5.97 Å². The summed E-state index contributed by atoms with van der Waals surface area (Å²) < 4.78 is 10.3. The quantitative estimate of drug-likeness (QED) is 0.728. The van der Waals surface area contributed by atoms with Gasteiger partial charge in [-0.2, -0.15) is 0 Å². The van der Waals surface area contributed by atoms with Crippen molar-refractivity contribution in [2.45, 2.75) is 18.9 Å². The number of methoxy groups -OCH3 is 1. The van der Waals surface area contributed by atoms with Crippen LogP contribution in [0.3, 0.4) is 0 Å². The molecule has 0 saturated carbocycles. The Kier molecular flexibility index (Phi) is 3.25. The summed E-state index contributed by atoms with van der Waals surface area (Å²) in [5.41, 5.74) is 1.16. The predicted molar refractivity (Wildman–Crippen MR) is 59.7 cm³/mol. The van der Waals surface area contributed by atoms with E-state index in [0.717, 1.165) is 12.0 Å². The lowest BCUT2D eigenvalue weighted by atomic mass is 10.0. The summed E-state index contributed by atoms with van der Waals surface area (Å²) in [4.78, 5) is 11.3. The molecule has 1 atom stereocenters. The first-order valence-electron chi connectivity index (χ1n) is 5.27. The number of carbonyl (C=O) groups is 1. The predicted octanol–water partition coefficient (Wildman–Crippen LogP) is 2.07. The number of rotatable bonds is 3. The van der Waals surface area contributed by atoms with Gasteiger partial charge < -0.3 is 9.47 Å². The molecule has 1 unspecified atom stereocenters. The van der Waals surface area contributed by atoms with Gasteiger partial charge in [0.2, 0.25) is 0 Å². The first kappa shape index (κ1) is 10.7. The van der Waals surface area contributed by atoms with Crippen LogP contribution in [0, 0.1) is 0 Å². The number of hydrogen-bond acceptors (Lipinski definition) is 3. The summed E-state index contributed by atoms with van der Waals surface area (Å²) in [6, 6.07) is 9.98. The van der Waals surface area contributed by atoms with Crippen LogP contribution >= 0.6 is 0 Å². The van der Waals surface area contributed by atoms with Crippen molar-refractivity contribution in [1.82, 2.24) is 0 Å². The SMILES string of the molecule is COC1=CC(=O)OC(Cc2ccccc2)C1. The Balaban J connectivity index is 2.02. The van der Waals surface area contributed by atoms with Crippen molar-refractivity contribution in [2.75, 3.05) is 7.11 Å². The average molecular weight is 218 g/mol. The van der Waals surface area contributed by atoms with Gasteiger partial charge in [-0.05, 0) is 5.56 Å². The Labute approximate surface area is 94.7 Å². The fourth-order valence-corrected chi connectivity index (χ4v) is 1.79. The molecule has 0 saturated heterocycles. The molecule has 0 N–H and O–H groups in total. The molecule has 0 radical (unpaired) electrons. The second-order valence-electron chi connectivity index (χ2n) is 3.77. The zero-order valence-electron chi connectivity index (χ0n) is 9.18. The first-order chi connectivity index (χ1) is 7.78. The topological polar surface area (TPSA) is 35.5 Å². The monoisotopic (exact) mass is 218 g/mol. The van der Waals surface area contributed by atoms with E-state index in [4.69, 9.17) is 9.47 Å². The molecule has 1 aromatic rings. The van der Waals surface area contributed by atoms with Crippen LogP contribution in [0.4, 0.5) is 0 Å². The highest BCUT2D eigenvalue weighted by molar-refractivity contribution is 5.83. The second kappa shape index (κ2) is 4.84. The van der Waals surface area contributed by atoms with Crippen LogP contribution in [0.15, 0.2) is 42.2 Å². The molecule has 3 heteroatoms. The highest BCUT2D eigenvalue weighted by Crippen LogP contribution is 2.19. The maximum Gasteiger partial charge on any atom is 0.334 e. The summed E-state index contributed by atoms with van der Waals surface area (Å²) >= 11 is 0. The maximum absolute atomic E-state index is 11.3. The lowest BCUT2D eigenvalue weighted by Gasteiger charge is -2.22. The summed E-state index contributed by atoms with van der Waals surface area (Å²) in [5.74, 6) is 0.376. The summed E-state index contributed by atoms with van der Waals surface area (Å²) in [6.07, 6.45) is 2.67. The Bertz CT molecular complexity index is 395. The number of hydrogen-bond donors (Lipinski definition) is 0. The van der Waals surface area contributed by atoms with Gasteiger partial charge in [0.05, 0.1) is 13.2 Å². The molecule has 84 valence electrons. The Hall–Kier alpha value is -1.77. The van der Waals surface area contributed by atoms with Gasteiger partial charge in [-0.3, -0.25) is 0 Å². The van der Waals surface area contributed by atoms with E-state index in [0.29, 0.717) is 12.2 Å². The standard InChI is InChI=1S/C13H14O3/c1-15-11-8-12(16-13(14)9-11)7-10-5-3-2-4-6-10/h2-6,9,12H,7-8H2,1H3. The van der Waals surface area contributed by atoms with Gasteiger partial charge in [-0.25, -0.2) is 4.79 Å². The molecule has 0 aliphatic carbocycles. The van der Waals surface area contributed by atoms with E-state index in [9.17, 15) is 4.79 Å². The van der Waals surface area contributed by atoms with Gasteiger partial charge in [-0.1, -0.05) is 30.3 Å². The van der Waals surface area contributed by atoms with Crippen molar-refractivity contribution >= 4 is 5.97 Å². The lowest BCUT2D eigenvalue weighted by Crippen LogP contribution is -2.25. The number of benzene rings is 1. The van der Waals surface area contributed by atoms with Gasteiger partial charge in [0.25, 0.3) is 0 Å². The van der Waals surface area contributed by atoms with Crippen LogP contribution in [-0.4, -0.2) is 19.2 Å². The minimum Gasteiger partial charge on any atom is -0.501 e. The number of esters is 1. The molecular formula is C13H14O3. The van der Waals surface area contributed by atoms with Crippen molar-refractivity contribution in [3.63, 3.8) is 0 Å². The van der Waals surface area contributed by atoms with E-state index < -0.39 is 0 Å². The van der Waals surface area contributed by atoms with Crippen molar-refractivity contribution in [1.29, 1.82) is 0 Å². The Morgan fingerprint density at radius 2 is 2.12 bits per heavy atom. The molecule has 0 bridgehead atoms. The summed E-state index contributed by atoms with van der Waals surface area (Å²) in [5, 5.41) is 0. The highest BCUT2D eigenvalue weighted by Gasteiger charge is 2.22. The molecule has 0 aromatic heterocycles. The van der Waals surface area contributed by atoms with Crippen LogP contribution < -0.4 is 0 Å². The van der Waals surface area contributed by atoms with Gasteiger partial charge in [0.15, 0.2) is 0 Å². The van der Waals surface area contributed by atoms with Gasteiger partial charge in [0, 0.05) is 12.8 Å². The molecule has 1 heterocycles.